The van der Waals surface area contributed by atoms with Crippen molar-refractivity contribution in [1.82, 2.24) is 4.90 Å². The van der Waals surface area contributed by atoms with Crippen molar-refractivity contribution in [1.29, 1.82) is 5.26 Å². The zero-order valence-corrected chi connectivity index (χ0v) is 8.12. The summed E-state index contributed by atoms with van der Waals surface area (Å²) < 4.78 is 0. The molecule has 0 aliphatic heterocycles. The Hall–Kier alpha value is -0.590. The fourth-order valence-corrected chi connectivity index (χ4v) is 1.01. The summed E-state index contributed by atoms with van der Waals surface area (Å²) >= 11 is 0. The molecule has 0 bridgehead atoms. The van der Waals surface area contributed by atoms with Crippen LogP contribution in [0.5, 0.6) is 0 Å². The van der Waals surface area contributed by atoms with Crippen LogP contribution in [0.1, 0.15) is 20.8 Å². The monoisotopic (exact) mass is 170 g/mol. The smallest absolute Gasteiger partial charge is 0.0868 e. The summed E-state index contributed by atoms with van der Waals surface area (Å²) in [6.45, 7) is 7.52. The highest BCUT2D eigenvalue weighted by Crippen LogP contribution is 2.02. The summed E-state index contributed by atoms with van der Waals surface area (Å²) in [6, 6.07) is 2.50. The second-order valence-corrected chi connectivity index (χ2v) is 3.47. The molecule has 0 radical (unpaired) electrons. The van der Waals surface area contributed by atoms with Gasteiger partial charge in [-0.3, -0.25) is 4.90 Å². The molecule has 12 heavy (non-hydrogen) atoms. The van der Waals surface area contributed by atoms with Crippen LogP contribution in [0.15, 0.2) is 0 Å². The van der Waals surface area contributed by atoms with Gasteiger partial charge >= 0.3 is 0 Å². The van der Waals surface area contributed by atoms with E-state index in [9.17, 15) is 0 Å². The molecule has 1 unspecified atom stereocenters. The SMILES string of the molecule is CC(CO)CN(CC#N)C(C)C. The highest BCUT2D eigenvalue weighted by molar-refractivity contribution is 4.79. The molecule has 0 heterocycles. The Balaban J connectivity index is 3.88. The Morgan fingerprint density at radius 3 is 2.33 bits per heavy atom. The molecule has 0 rings (SSSR count). The lowest BCUT2D eigenvalue weighted by Gasteiger charge is -2.25. The third-order valence-electron chi connectivity index (χ3n) is 1.86. The van der Waals surface area contributed by atoms with E-state index in [2.05, 4.69) is 24.8 Å². The second kappa shape index (κ2) is 5.99. The summed E-state index contributed by atoms with van der Waals surface area (Å²) in [6.07, 6.45) is 0. The van der Waals surface area contributed by atoms with E-state index in [4.69, 9.17) is 10.4 Å². The van der Waals surface area contributed by atoms with E-state index in [-0.39, 0.29) is 12.5 Å². The minimum absolute atomic E-state index is 0.189. The molecule has 0 aromatic rings. The van der Waals surface area contributed by atoms with Crippen LogP contribution in [0, 0.1) is 17.2 Å². The molecule has 3 heteroatoms. The quantitative estimate of drug-likeness (QED) is 0.622. The number of nitrogens with zero attached hydrogens (tertiary/aromatic N) is 2. The topological polar surface area (TPSA) is 47.3 Å². The number of hydrogen-bond donors (Lipinski definition) is 1. The van der Waals surface area contributed by atoms with Gasteiger partial charge in [0.15, 0.2) is 0 Å². The van der Waals surface area contributed by atoms with Gasteiger partial charge in [0, 0.05) is 19.2 Å². The van der Waals surface area contributed by atoms with Crippen LogP contribution in [0.2, 0.25) is 0 Å². The molecule has 0 aromatic carbocycles. The van der Waals surface area contributed by atoms with Crippen molar-refractivity contribution in [2.45, 2.75) is 26.8 Å². The van der Waals surface area contributed by atoms with Gasteiger partial charge < -0.3 is 5.11 Å². The normalized spacial score (nSPS) is 13.4. The van der Waals surface area contributed by atoms with Crippen molar-refractivity contribution < 1.29 is 5.11 Å². The molecule has 0 saturated carbocycles. The molecule has 0 spiro atoms. The number of aliphatic hydroxyl groups excluding tert-OH is 1. The molecule has 0 amide bonds. The van der Waals surface area contributed by atoms with Crippen LogP contribution in [0.3, 0.4) is 0 Å². The first-order valence-electron chi connectivity index (χ1n) is 4.33. The van der Waals surface area contributed by atoms with Gasteiger partial charge in [0.2, 0.25) is 0 Å². The predicted molar refractivity (Wildman–Crippen MR) is 48.6 cm³/mol. The fourth-order valence-electron chi connectivity index (χ4n) is 1.01. The zero-order valence-electron chi connectivity index (χ0n) is 8.12. The lowest BCUT2D eigenvalue weighted by Crippen LogP contribution is -2.35. The van der Waals surface area contributed by atoms with E-state index in [0.29, 0.717) is 12.6 Å². The maximum atomic E-state index is 8.82. The van der Waals surface area contributed by atoms with Crippen LogP contribution in [0.4, 0.5) is 0 Å². The molecule has 0 aromatic heterocycles. The first-order valence-corrected chi connectivity index (χ1v) is 4.33. The van der Waals surface area contributed by atoms with Crippen molar-refractivity contribution in [3.8, 4) is 6.07 Å². The Labute approximate surface area is 74.6 Å². The predicted octanol–water partition coefficient (Wildman–Crippen LogP) is 0.849. The van der Waals surface area contributed by atoms with Crippen molar-refractivity contribution in [3.05, 3.63) is 0 Å². The Bertz CT molecular complexity index is 151. The molecular formula is C9H18N2O. The van der Waals surface area contributed by atoms with Gasteiger partial charge in [-0.15, -0.1) is 0 Å². The average Bonchev–Trinajstić information content (AvgIpc) is 2.03. The van der Waals surface area contributed by atoms with Gasteiger partial charge in [0.05, 0.1) is 12.6 Å². The lowest BCUT2D eigenvalue weighted by atomic mass is 10.1. The first kappa shape index (κ1) is 11.4. The molecule has 3 nitrogen and oxygen atoms in total. The summed E-state index contributed by atoms with van der Waals surface area (Å²) in [7, 11) is 0. The van der Waals surface area contributed by atoms with Crippen molar-refractivity contribution in [3.63, 3.8) is 0 Å². The minimum atomic E-state index is 0.189. The molecule has 1 N–H and O–H groups in total. The Kier molecular flexibility index (Phi) is 5.69. The van der Waals surface area contributed by atoms with Crippen LogP contribution in [-0.4, -0.2) is 35.7 Å². The highest BCUT2D eigenvalue weighted by atomic mass is 16.3. The van der Waals surface area contributed by atoms with E-state index < -0.39 is 0 Å². The molecule has 0 fully saturated rings. The number of rotatable bonds is 5. The molecule has 0 aliphatic carbocycles. The number of hydrogen-bond acceptors (Lipinski definition) is 3. The van der Waals surface area contributed by atoms with E-state index in [1.165, 1.54) is 0 Å². The van der Waals surface area contributed by atoms with Crippen LogP contribution in [-0.2, 0) is 0 Å². The third kappa shape index (κ3) is 4.32. The van der Waals surface area contributed by atoms with Gasteiger partial charge in [-0.05, 0) is 19.8 Å². The van der Waals surface area contributed by atoms with Crippen molar-refractivity contribution in [2.24, 2.45) is 5.92 Å². The van der Waals surface area contributed by atoms with E-state index in [1.54, 1.807) is 0 Å². The van der Waals surface area contributed by atoms with Gasteiger partial charge in [-0.1, -0.05) is 6.92 Å². The van der Waals surface area contributed by atoms with E-state index in [1.807, 2.05) is 6.92 Å². The largest absolute Gasteiger partial charge is 0.396 e. The summed E-state index contributed by atoms with van der Waals surface area (Å²) in [5, 5.41) is 17.3. The highest BCUT2D eigenvalue weighted by Gasteiger charge is 2.11. The second-order valence-electron chi connectivity index (χ2n) is 3.47. The maximum Gasteiger partial charge on any atom is 0.0868 e. The molecule has 0 aliphatic rings. The molecule has 0 saturated heterocycles. The summed E-state index contributed by atoms with van der Waals surface area (Å²) in [5.41, 5.74) is 0. The van der Waals surface area contributed by atoms with Gasteiger partial charge in [-0.25, -0.2) is 0 Å². The van der Waals surface area contributed by atoms with Crippen LogP contribution < -0.4 is 0 Å². The van der Waals surface area contributed by atoms with Crippen LogP contribution in [0.25, 0.3) is 0 Å². The van der Waals surface area contributed by atoms with E-state index >= 15 is 0 Å². The Morgan fingerprint density at radius 1 is 1.42 bits per heavy atom. The van der Waals surface area contributed by atoms with Crippen molar-refractivity contribution >= 4 is 0 Å². The van der Waals surface area contributed by atoms with E-state index in [0.717, 1.165) is 6.54 Å². The van der Waals surface area contributed by atoms with Gasteiger partial charge in [0.25, 0.3) is 0 Å². The summed E-state index contributed by atoms with van der Waals surface area (Å²) in [5.74, 6) is 0.251. The average molecular weight is 170 g/mol. The number of nitriles is 1. The molecular weight excluding hydrogens is 152 g/mol. The maximum absolute atomic E-state index is 8.82. The Morgan fingerprint density at radius 2 is 2.00 bits per heavy atom. The minimum Gasteiger partial charge on any atom is -0.396 e. The molecule has 1 atom stereocenters. The fraction of sp³-hybridized carbons (Fsp3) is 0.889. The van der Waals surface area contributed by atoms with Gasteiger partial charge in [-0.2, -0.15) is 5.26 Å². The zero-order chi connectivity index (χ0) is 9.56. The lowest BCUT2D eigenvalue weighted by molar-refractivity contribution is 0.162. The number of aliphatic hydroxyl groups is 1. The van der Waals surface area contributed by atoms with Crippen molar-refractivity contribution in [2.75, 3.05) is 19.7 Å². The standard InChI is InChI=1S/C9H18N2O/c1-8(2)11(5-4-10)6-9(3)7-12/h8-9,12H,5-7H2,1-3H3. The third-order valence-corrected chi connectivity index (χ3v) is 1.86. The summed E-state index contributed by atoms with van der Waals surface area (Å²) in [4.78, 5) is 2.06. The van der Waals surface area contributed by atoms with Crippen LogP contribution >= 0.6 is 0 Å². The molecule has 70 valence electrons. The van der Waals surface area contributed by atoms with Gasteiger partial charge in [0.1, 0.15) is 0 Å². The first-order chi connectivity index (χ1) is 5.61.